The molecular weight excluding hydrogens is 470 g/mol. The molecule has 0 saturated carbocycles. The van der Waals surface area contributed by atoms with Crippen molar-refractivity contribution in [3.8, 4) is 5.69 Å². The van der Waals surface area contributed by atoms with E-state index < -0.39 is 15.9 Å². The van der Waals surface area contributed by atoms with E-state index >= 15 is 0 Å². The third-order valence-electron chi connectivity index (χ3n) is 5.54. The molecule has 166 valence electrons. The van der Waals surface area contributed by atoms with E-state index in [1.54, 1.807) is 18.2 Å². The molecule has 3 heterocycles. The Balaban J connectivity index is 1.40. The number of carbonyl (C=O) groups excluding carboxylic acids is 1. The molecule has 0 radical (unpaired) electrons. The van der Waals surface area contributed by atoms with E-state index in [1.165, 1.54) is 17.8 Å². The van der Waals surface area contributed by atoms with Crippen molar-refractivity contribution >= 4 is 45.2 Å². The Hall–Kier alpha value is -2.56. The van der Waals surface area contributed by atoms with E-state index in [0.717, 1.165) is 41.9 Å². The highest BCUT2D eigenvalue weighted by atomic mass is 35.5. The molecule has 5 rings (SSSR count). The monoisotopic (exact) mass is 489 g/mol. The van der Waals surface area contributed by atoms with Gasteiger partial charge in [0.05, 0.1) is 16.3 Å². The summed E-state index contributed by atoms with van der Waals surface area (Å²) in [6.45, 7) is 1.83. The number of hydrogen-bond acceptors (Lipinski definition) is 7. The SMILES string of the molecule is O=C1c2ccccc2S(=O)(=O)N1CCSc1nnc(N2CCCC2)n1-c1ccccc1Cl. The van der Waals surface area contributed by atoms with E-state index in [0.29, 0.717) is 15.9 Å². The maximum Gasteiger partial charge on any atom is 0.269 e. The second kappa shape index (κ2) is 8.42. The van der Waals surface area contributed by atoms with Gasteiger partial charge in [0.1, 0.15) is 4.90 Å². The summed E-state index contributed by atoms with van der Waals surface area (Å²) in [5.41, 5.74) is 0.980. The number of thioether (sulfide) groups is 1. The fourth-order valence-electron chi connectivity index (χ4n) is 3.99. The minimum absolute atomic E-state index is 0.0366. The number of aromatic nitrogens is 3. The second-order valence-corrected chi connectivity index (χ2v) is 10.8. The molecule has 1 saturated heterocycles. The van der Waals surface area contributed by atoms with Crippen LogP contribution >= 0.6 is 23.4 Å². The Kier molecular flexibility index (Phi) is 5.60. The Morgan fingerprint density at radius 1 is 1.00 bits per heavy atom. The first-order valence-corrected chi connectivity index (χ1v) is 13.0. The molecule has 11 heteroatoms. The minimum atomic E-state index is -3.83. The van der Waals surface area contributed by atoms with Crippen LogP contribution in [0.5, 0.6) is 0 Å². The number of amides is 1. The first-order valence-electron chi connectivity index (χ1n) is 10.2. The predicted molar refractivity (Wildman–Crippen MR) is 123 cm³/mol. The largest absolute Gasteiger partial charge is 0.341 e. The summed E-state index contributed by atoms with van der Waals surface area (Å²) >= 11 is 7.82. The lowest BCUT2D eigenvalue weighted by Crippen LogP contribution is -2.32. The van der Waals surface area contributed by atoms with Gasteiger partial charge < -0.3 is 4.90 Å². The molecule has 0 spiro atoms. The van der Waals surface area contributed by atoms with Gasteiger partial charge in [0.25, 0.3) is 15.9 Å². The smallest absolute Gasteiger partial charge is 0.269 e. The van der Waals surface area contributed by atoms with Crippen molar-refractivity contribution in [1.29, 1.82) is 0 Å². The molecule has 2 aliphatic heterocycles. The van der Waals surface area contributed by atoms with Crippen LogP contribution in [0, 0.1) is 0 Å². The zero-order valence-corrected chi connectivity index (χ0v) is 19.4. The van der Waals surface area contributed by atoms with E-state index in [-0.39, 0.29) is 17.0 Å². The van der Waals surface area contributed by atoms with Crippen molar-refractivity contribution in [1.82, 2.24) is 19.1 Å². The summed E-state index contributed by atoms with van der Waals surface area (Å²) in [5.74, 6) is 0.559. The summed E-state index contributed by atoms with van der Waals surface area (Å²) in [7, 11) is -3.83. The Bertz CT molecular complexity index is 1290. The second-order valence-electron chi connectivity index (χ2n) is 7.49. The number of hydrogen-bond donors (Lipinski definition) is 0. The molecule has 1 fully saturated rings. The number of halogens is 1. The van der Waals surface area contributed by atoms with Gasteiger partial charge in [-0.15, -0.1) is 10.2 Å². The zero-order chi connectivity index (χ0) is 22.3. The number of fused-ring (bicyclic) bond motifs is 1. The summed E-state index contributed by atoms with van der Waals surface area (Å²) in [5, 5.41) is 9.93. The highest BCUT2D eigenvalue weighted by molar-refractivity contribution is 7.99. The van der Waals surface area contributed by atoms with Crippen LogP contribution in [-0.2, 0) is 10.0 Å². The summed E-state index contributed by atoms with van der Waals surface area (Å²) < 4.78 is 28.4. The van der Waals surface area contributed by atoms with Crippen LogP contribution in [0.25, 0.3) is 5.69 Å². The van der Waals surface area contributed by atoms with Crippen molar-refractivity contribution in [2.75, 3.05) is 30.3 Å². The fourth-order valence-corrected chi connectivity index (χ4v) is 6.76. The quantitative estimate of drug-likeness (QED) is 0.490. The van der Waals surface area contributed by atoms with Gasteiger partial charge >= 0.3 is 0 Å². The van der Waals surface area contributed by atoms with E-state index in [4.69, 9.17) is 11.6 Å². The van der Waals surface area contributed by atoms with Gasteiger partial charge in [-0.1, -0.05) is 47.6 Å². The zero-order valence-electron chi connectivity index (χ0n) is 17.0. The molecular formula is C21H20ClN5O3S2. The molecule has 1 amide bonds. The fraction of sp³-hybridized carbons (Fsp3) is 0.286. The molecule has 0 unspecified atom stereocenters. The Morgan fingerprint density at radius 3 is 2.47 bits per heavy atom. The molecule has 32 heavy (non-hydrogen) atoms. The molecule has 0 atom stereocenters. The van der Waals surface area contributed by atoms with Gasteiger partial charge in [0.2, 0.25) is 5.95 Å². The highest BCUT2D eigenvalue weighted by Gasteiger charge is 2.40. The van der Waals surface area contributed by atoms with E-state index in [2.05, 4.69) is 15.1 Å². The average Bonchev–Trinajstić information content (AvgIpc) is 3.50. The molecule has 2 aliphatic rings. The number of anilines is 1. The van der Waals surface area contributed by atoms with Gasteiger partial charge in [-0.3, -0.25) is 9.36 Å². The number of rotatable bonds is 6. The van der Waals surface area contributed by atoms with Crippen LogP contribution in [0.2, 0.25) is 5.02 Å². The molecule has 0 aliphatic carbocycles. The third-order valence-corrected chi connectivity index (χ3v) is 8.61. The third kappa shape index (κ3) is 3.56. The van der Waals surface area contributed by atoms with Crippen LogP contribution in [-0.4, -0.2) is 58.8 Å². The maximum atomic E-state index is 12.8. The summed E-state index contributed by atoms with van der Waals surface area (Å²) in [6, 6.07) is 13.8. The minimum Gasteiger partial charge on any atom is -0.341 e. The van der Waals surface area contributed by atoms with Crippen molar-refractivity contribution in [2.24, 2.45) is 0 Å². The lowest BCUT2D eigenvalue weighted by molar-refractivity contribution is 0.0876. The number of nitrogens with zero attached hydrogens (tertiary/aromatic N) is 5. The number of sulfonamides is 1. The van der Waals surface area contributed by atoms with Crippen molar-refractivity contribution < 1.29 is 13.2 Å². The van der Waals surface area contributed by atoms with Gasteiger partial charge in [-0.2, -0.15) is 0 Å². The first kappa shape index (κ1) is 21.3. The van der Waals surface area contributed by atoms with Crippen LogP contribution in [0.4, 0.5) is 5.95 Å². The summed E-state index contributed by atoms with van der Waals surface area (Å²) in [6.07, 6.45) is 2.18. The van der Waals surface area contributed by atoms with E-state index in [1.807, 2.05) is 28.8 Å². The Morgan fingerprint density at radius 2 is 1.72 bits per heavy atom. The van der Waals surface area contributed by atoms with Crippen molar-refractivity contribution in [2.45, 2.75) is 22.9 Å². The van der Waals surface area contributed by atoms with Crippen LogP contribution in [0.15, 0.2) is 58.6 Å². The topological polar surface area (TPSA) is 88.4 Å². The molecule has 8 nitrogen and oxygen atoms in total. The number of para-hydroxylation sites is 1. The molecule has 0 bridgehead atoms. The van der Waals surface area contributed by atoms with Gasteiger partial charge in [0, 0.05) is 25.4 Å². The van der Waals surface area contributed by atoms with Crippen molar-refractivity contribution in [3.63, 3.8) is 0 Å². The normalized spacial score (nSPS) is 17.2. The Labute approximate surface area is 195 Å². The van der Waals surface area contributed by atoms with Crippen LogP contribution in [0.1, 0.15) is 23.2 Å². The molecule has 3 aromatic rings. The lowest BCUT2D eigenvalue weighted by atomic mass is 10.2. The van der Waals surface area contributed by atoms with Crippen molar-refractivity contribution in [3.05, 3.63) is 59.1 Å². The summed E-state index contributed by atoms with van der Waals surface area (Å²) in [4.78, 5) is 14.9. The molecule has 0 N–H and O–H groups in total. The van der Waals surface area contributed by atoms with E-state index in [9.17, 15) is 13.2 Å². The van der Waals surface area contributed by atoms with Gasteiger partial charge in [-0.05, 0) is 37.1 Å². The van der Waals surface area contributed by atoms with Crippen LogP contribution in [0.3, 0.4) is 0 Å². The highest BCUT2D eigenvalue weighted by Crippen LogP contribution is 2.33. The average molecular weight is 490 g/mol. The molecule has 2 aromatic carbocycles. The van der Waals surface area contributed by atoms with Gasteiger partial charge in [-0.25, -0.2) is 12.7 Å². The number of benzene rings is 2. The first-order chi connectivity index (χ1) is 15.5. The predicted octanol–water partition coefficient (Wildman–Crippen LogP) is 3.46. The maximum absolute atomic E-state index is 12.8. The standard InChI is InChI=1S/C21H20ClN5O3S2/c22-16-8-2-3-9-17(16)27-20(25-11-5-6-12-25)23-24-21(27)31-14-13-26-19(28)15-7-1-4-10-18(15)32(26,29)30/h1-4,7-10H,5-6,11-14H2. The number of carbonyl (C=O) groups is 1. The molecule has 1 aromatic heterocycles. The lowest BCUT2D eigenvalue weighted by Gasteiger charge is -2.19. The van der Waals surface area contributed by atoms with Gasteiger partial charge in [0.15, 0.2) is 5.16 Å². The van der Waals surface area contributed by atoms with Crippen LogP contribution < -0.4 is 4.90 Å².